The van der Waals surface area contributed by atoms with Crippen molar-refractivity contribution in [2.24, 2.45) is 0 Å². The van der Waals surface area contributed by atoms with Crippen molar-refractivity contribution in [1.82, 2.24) is 0 Å². The number of para-hydroxylation sites is 1. The fraction of sp³-hybridized carbons (Fsp3) is 0. The molecule has 0 atom stereocenters. The lowest BCUT2D eigenvalue weighted by Gasteiger charge is -2.14. The Hall–Kier alpha value is -4.61. The quantitative estimate of drug-likeness (QED) is 0.287. The Balaban J connectivity index is 1.64. The van der Waals surface area contributed by atoms with E-state index in [0.29, 0.717) is 5.56 Å². The summed E-state index contributed by atoms with van der Waals surface area (Å²) in [6, 6.07) is 41.4. The number of rotatable bonds is 3. The first kappa shape index (κ1) is 19.1. The molecule has 5 aromatic carbocycles. The molecule has 0 aliphatic carbocycles. The van der Waals surface area contributed by atoms with E-state index in [4.69, 9.17) is 4.42 Å². The molecule has 0 fully saturated rings. The van der Waals surface area contributed by atoms with Crippen LogP contribution in [0.15, 0.2) is 120 Å². The number of hydrogen-bond donors (Lipinski definition) is 0. The molecule has 0 saturated heterocycles. The zero-order valence-corrected chi connectivity index (χ0v) is 17.8. The second kappa shape index (κ2) is 7.82. The second-order valence-electron chi connectivity index (χ2n) is 8.10. The van der Waals surface area contributed by atoms with Crippen molar-refractivity contribution in [3.05, 3.63) is 121 Å². The molecular formula is C31H19NO. The van der Waals surface area contributed by atoms with Crippen LogP contribution >= 0.6 is 0 Å². The van der Waals surface area contributed by atoms with Crippen LogP contribution < -0.4 is 0 Å². The van der Waals surface area contributed by atoms with E-state index in [9.17, 15) is 5.26 Å². The Morgan fingerprint density at radius 2 is 1.06 bits per heavy atom. The van der Waals surface area contributed by atoms with Gasteiger partial charge in [0, 0.05) is 21.9 Å². The van der Waals surface area contributed by atoms with Crippen molar-refractivity contribution in [2.45, 2.75) is 0 Å². The first-order chi connectivity index (χ1) is 16.3. The van der Waals surface area contributed by atoms with Crippen LogP contribution in [-0.2, 0) is 0 Å². The minimum absolute atomic E-state index is 0.686. The van der Waals surface area contributed by atoms with Crippen LogP contribution in [-0.4, -0.2) is 0 Å². The van der Waals surface area contributed by atoms with Crippen molar-refractivity contribution < 1.29 is 4.42 Å². The van der Waals surface area contributed by atoms with Gasteiger partial charge in [-0.1, -0.05) is 84.9 Å². The van der Waals surface area contributed by atoms with Gasteiger partial charge in [0.05, 0.1) is 5.56 Å². The molecule has 0 amide bonds. The van der Waals surface area contributed by atoms with Gasteiger partial charge in [-0.25, -0.2) is 0 Å². The van der Waals surface area contributed by atoms with Gasteiger partial charge in [0.25, 0.3) is 0 Å². The molecule has 0 aliphatic rings. The van der Waals surface area contributed by atoms with E-state index in [1.54, 1.807) is 0 Å². The molecule has 0 N–H and O–H groups in total. The van der Waals surface area contributed by atoms with Gasteiger partial charge < -0.3 is 4.42 Å². The van der Waals surface area contributed by atoms with E-state index < -0.39 is 0 Å². The molecule has 1 aromatic heterocycles. The number of hydrogen-bond acceptors (Lipinski definition) is 2. The summed E-state index contributed by atoms with van der Waals surface area (Å²) in [5, 5.41) is 12.4. The van der Waals surface area contributed by atoms with E-state index in [-0.39, 0.29) is 0 Å². The zero-order valence-electron chi connectivity index (χ0n) is 17.8. The van der Waals surface area contributed by atoms with Gasteiger partial charge in [0.2, 0.25) is 0 Å². The van der Waals surface area contributed by atoms with E-state index in [2.05, 4.69) is 60.7 Å². The lowest BCUT2D eigenvalue weighted by molar-refractivity contribution is 0.669. The summed E-state index contributed by atoms with van der Waals surface area (Å²) in [5.41, 5.74) is 8.54. The normalized spacial score (nSPS) is 11.0. The molecular weight excluding hydrogens is 402 g/mol. The third kappa shape index (κ3) is 3.28. The van der Waals surface area contributed by atoms with Gasteiger partial charge in [-0.3, -0.25) is 0 Å². The predicted octanol–water partition coefficient (Wildman–Crippen LogP) is 8.46. The van der Waals surface area contributed by atoms with Crippen molar-refractivity contribution >= 4 is 21.9 Å². The average molecular weight is 421 g/mol. The maximum absolute atomic E-state index is 10.2. The largest absolute Gasteiger partial charge is 0.456 e. The lowest BCUT2D eigenvalue weighted by Crippen LogP contribution is -1.92. The van der Waals surface area contributed by atoms with Gasteiger partial charge in [0.1, 0.15) is 17.2 Å². The monoisotopic (exact) mass is 421 g/mol. The smallest absolute Gasteiger partial charge is 0.135 e. The van der Waals surface area contributed by atoms with Crippen molar-refractivity contribution in [3.8, 4) is 39.4 Å². The third-order valence-electron chi connectivity index (χ3n) is 6.13. The standard InChI is InChI=1S/C31H19NO/c32-20-29-26(21-9-3-1-4-10-21)18-24(19-27(29)22-11-5-2-6-12-22)23-15-16-31-28(17-23)25-13-7-8-14-30(25)33-31/h1-19H. The minimum Gasteiger partial charge on any atom is -0.456 e. The van der Waals surface area contributed by atoms with Crippen molar-refractivity contribution in [1.29, 1.82) is 5.26 Å². The molecule has 1 heterocycles. The van der Waals surface area contributed by atoms with Gasteiger partial charge in [0.15, 0.2) is 0 Å². The van der Waals surface area contributed by atoms with Crippen molar-refractivity contribution in [3.63, 3.8) is 0 Å². The maximum Gasteiger partial charge on any atom is 0.135 e. The van der Waals surface area contributed by atoms with Crippen molar-refractivity contribution in [2.75, 3.05) is 0 Å². The molecule has 0 unspecified atom stereocenters. The number of furan rings is 1. The van der Waals surface area contributed by atoms with Crippen LogP contribution in [0.25, 0.3) is 55.3 Å². The summed E-state index contributed by atoms with van der Waals surface area (Å²) < 4.78 is 6.02. The molecule has 0 radical (unpaired) electrons. The molecule has 33 heavy (non-hydrogen) atoms. The summed E-state index contributed by atoms with van der Waals surface area (Å²) in [4.78, 5) is 0. The first-order valence-electron chi connectivity index (χ1n) is 10.9. The maximum atomic E-state index is 10.2. The average Bonchev–Trinajstić information content (AvgIpc) is 3.27. The minimum atomic E-state index is 0.686. The van der Waals surface area contributed by atoms with Crippen LogP contribution in [0.2, 0.25) is 0 Å². The Labute approximate surface area is 192 Å². The Bertz CT molecular complexity index is 1590. The van der Waals surface area contributed by atoms with Gasteiger partial charge in [-0.05, 0) is 52.6 Å². The SMILES string of the molecule is N#Cc1c(-c2ccccc2)cc(-c2ccc3oc4ccccc4c3c2)cc1-c1ccccc1. The number of fused-ring (bicyclic) bond motifs is 3. The van der Waals surface area contributed by atoms with Crippen LogP contribution in [0.5, 0.6) is 0 Å². The molecule has 2 heteroatoms. The van der Waals surface area contributed by atoms with Crippen LogP contribution in [0.3, 0.4) is 0 Å². The summed E-state index contributed by atoms with van der Waals surface area (Å²) in [5.74, 6) is 0. The Kier molecular flexibility index (Phi) is 4.53. The highest BCUT2D eigenvalue weighted by Gasteiger charge is 2.16. The van der Waals surface area contributed by atoms with E-state index in [1.807, 2.05) is 60.7 Å². The van der Waals surface area contributed by atoms with E-state index in [0.717, 1.165) is 55.3 Å². The molecule has 0 aliphatic heterocycles. The molecule has 0 saturated carbocycles. The summed E-state index contributed by atoms with van der Waals surface area (Å²) in [6.07, 6.45) is 0. The lowest BCUT2D eigenvalue weighted by atomic mass is 9.88. The van der Waals surface area contributed by atoms with Crippen LogP contribution in [0.4, 0.5) is 0 Å². The fourth-order valence-corrected chi connectivity index (χ4v) is 4.53. The first-order valence-corrected chi connectivity index (χ1v) is 10.9. The zero-order chi connectivity index (χ0) is 22.2. The van der Waals surface area contributed by atoms with Gasteiger partial charge in [-0.15, -0.1) is 0 Å². The molecule has 2 nitrogen and oxygen atoms in total. The molecule has 6 rings (SSSR count). The Morgan fingerprint density at radius 3 is 1.70 bits per heavy atom. The summed E-state index contributed by atoms with van der Waals surface area (Å²) >= 11 is 0. The van der Waals surface area contributed by atoms with E-state index in [1.165, 1.54) is 0 Å². The molecule has 0 spiro atoms. The van der Waals surface area contributed by atoms with Gasteiger partial charge >= 0.3 is 0 Å². The highest BCUT2D eigenvalue weighted by atomic mass is 16.3. The number of nitriles is 1. The molecule has 6 aromatic rings. The predicted molar refractivity (Wildman–Crippen MR) is 135 cm³/mol. The topological polar surface area (TPSA) is 36.9 Å². The second-order valence-corrected chi connectivity index (χ2v) is 8.10. The number of nitrogens with zero attached hydrogens (tertiary/aromatic N) is 1. The van der Waals surface area contributed by atoms with Gasteiger partial charge in [-0.2, -0.15) is 5.26 Å². The number of benzene rings is 5. The fourth-order valence-electron chi connectivity index (χ4n) is 4.53. The highest BCUT2D eigenvalue weighted by molar-refractivity contribution is 6.06. The highest BCUT2D eigenvalue weighted by Crippen LogP contribution is 2.38. The van der Waals surface area contributed by atoms with Crippen LogP contribution in [0, 0.1) is 11.3 Å². The molecule has 154 valence electrons. The summed E-state index contributed by atoms with van der Waals surface area (Å²) in [6.45, 7) is 0. The molecule has 0 bridgehead atoms. The van der Waals surface area contributed by atoms with E-state index >= 15 is 0 Å². The third-order valence-corrected chi connectivity index (χ3v) is 6.13. The summed E-state index contributed by atoms with van der Waals surface area (Å²) in [7, 11) is 0. The van der Waals surface area contributed by atoms with Crippen LogP contribution in [0.1, 0.15) is 5.56 Å². The Morgan fingerprint density at radius 1 is 0.485 bits per heavy atom.